The molecule has 0 bridgehead atoms. The van der Waals surface area contributed by atoms with Gasteiger partial charge in [-0.15, -0.1) is 0 Å². The molecule has 0 aliphatic heterocycles. The summed E-state index contributed by atoms with van der Waals surface area (Å²) in [7, 11) is 0. The normalized spacial score (nSPS) is 11.5. The maximum Gasteiger partial charge on any atom is 0.0500 e. The van der Waals surface area contributed by atoms with E-state index in [9.17, 15) is 0 Å². The van der Waals surface area contributed by atoms with Gasteiger partial charge in [0.15, 0.2) is 0 Å². The molecular weight excluding hydrogens is 314 g/mol. The van der Waals surface area contributed by atoms with Crippen LogP contribution in [-0.4, -0.2) is 4.98 Å². The molecule has 26 heavy (non-hydrogen) atoms. The van der Waals surface area contributed by atoms with Crippen molar-refractivity contribution in [2.75, 3.05) is 0 Å². The van der Waals surface area contributed by atoms with E-state index < -0.39 is 0 Å². The zero-order valence-electron chi connectivity index (χ0n) is 15.2. The smallest absolute Gasteiger partial charge is 0.0500 e. The monoisotopic (exact) mass is 337 g/mol. The van der Waals surface area contributed by atoms with Crippen LogP contribution in [0.1, 0.15) is 25.0 Å². The summed E-state index contributed by atoms with van der Waals surface area (Å²) >= 11 is 0. The van der Waals surface area contributed by atoms with Crippen LogP contribution < -0.4 is 0 Å². The van der Waals surface area contributed by atoms with Crippen molar-refractivity contribution in [1.29, 1.82) is 0 Å². The van der Waals surface area contributed by atoms with Crippen LogP contribution >= 0.6 is 0 Å². The van der Waals surface area contributed by atoms with Gasteiger partial charge < -0.3 is 4.98 Å². The van der Waals surface area contributed by atoms with Gasteiger partial charge in [-0.1, -0.05) is 105 Å². The van der Waals surface area contributed by atoms with Crippen LogP contribution in [0.5, 0.6) is 0 Å². The van der Waals surface area contributed by atoms with Crippen molar-refractivity contribution >= 4 is 0 Å². The predicted molar refractivity (Wildman–Crippen MR) is 110 cm³/mol. The molecule has 1 heterocycles. The van der Waals surface area contributed by atoms with Crippen molar-refractivity contribution in [1.82, 2.24) is 4.98 Å². The minimum atomic E-state index is -0.101. The van der Waals surface area contributed by atoms with E-state index >= 15 is 0 Å². The summed E-state index contributed by atoms with van der Waals surface area (Å²) in [5, 5.41) is 0. The molecule has 4 aromatic rings. The highest BCUT2D eigenvalue weighted by Gasteiger charge is 2.28. The largest absolute Gasteiger partial charge is 0.354 e. The molecule has 128 valence electrons. The van der Waals surface area contributed by atoms with E-state index in [2.05, 4.69) is 116 Å². The first kappa shape index (κ1) is 16.4. The molecule has 0 amide bonds. The second kappa shape index (κ2) is 6.68. The maximum absolute atomic E-state index is 3.69. The second-order valence-electron chi connectivity index (χ2n) is 7.19. The van der Waals surface area contributed by atoms with Crippen LogP contribution in [0.25, 0.3) is 22.5 Å². The van der Waals surface area contributed by atoms with Crippen LogP contribution in [-0.2, 0) is 5.41 Å². The molecule has 0 unspecified atom stereocenters. The summed E-state index contributed by atoms with van der Waals surface area (Å²) in [6, 6.07) is 34.2. The van der Waals surface area contributed by atoms with Gasteiger partial charge in [-0.3, -0.25) is 0 Å². The van der Waals surface area contributed by atoms with E-state index in [4.69, 9.17) is 0 Å². The summed E-state index contributed by atoms with van der Waals surface area (Å²) in [4.78, 5) is 3.69. The molecule has 0 spiro atoms. The van der Waals surface area contributed by atoms with Crippen molar-refractivity contribution in [2.24, 2.45) is 0 Å². The van der Waals surface area contributed by atoms with E-state index in [1.807, 2.05) is 0 Å². The minimum absolute atomic E-state index is 0.101. The first-order valence-electron chi connectivity index (χ1n) is 9.06. The van der Waals surface area contributed by atoms with Crippen LogP contribution in [0.3, 0.4) is 0 Å². The second-order valence-corrected chi connectivity index (χ2v) is 7.19. The Kier molecular flexibility index (Phi) is 4.22. The topological polar surface area (TPSA) is 15.8 Å². The van der Waals surface area contributed by atoms with Gasteiger partial charge in [-0.25, -0.2) is 0 Å². The first-order valence-corrected chi connectivity index (χ1v) is 9.06. The van der Waals surface area contributed by atoms with Gasteiger partial charge in [0.05, 0.1) is 0 Å². The Hall–Kier alpha value is -3.06. The highest BCUT2D eigenvalue weighted by atomic mass is 14.7. The number of aromatic nitrogens is 1. The Morgan fingerprint density at radius 3 is 1.69 bits per heavy atom. The zero-order valence-corrected chi connectivity index (χ0v) is 15.2. The molecular formula is C25H23N. The van der Waals surface area contributed by atoms with Crippen molar-refractivity contribution in [3.05, 3.63) is 108 Å². The van der Waals surface area contributed by atoms with Crippen LogP contribution in [0.4, 0.5) is 0 Å². The van der Waals surface area contributed by atoms with Crippen molar-refractivity contribution in [3.8, 4) is 22.5 Å². The molecule has 1 N–H and O–H groups in total. The summed E-state index contributed by atoms with van der Waals surface area (Å²) in [6.07, 6.45) is 0. The molecule has 1 aromatic heterocycles. The third kappa shape index (κ3) is 2.97. The van der Waals surface area contributed by atoms with E-state index in [1.165, 1.54) is 27.9 Å². The Balaban J connectivity index is 1.91. The number of rotatable bonds is 4. The zero-order chi connectivity index (χ0) is 18.0. The molecule has 0 aliphatic carbocycles. The Morgan fingerprint density at radius 2 is 1.12 bits per heavy atom. The number of aromatic amines is 1. The van der Waals surface area contributed by atoms with Crippen LogP contribution in [0.15, 0.2) is 97.1 Å². The van der Waals surface area contributed by atoms with Crippen molar-refractivity contribution in [2.45, 2.75) is 19.3 Å². The van der Waals surface area contributed by atoms with Gasteiger partial charge in [0.2, 0.25) is 0 Å². The lowest BCUT2D eigenvalue weighted by atomic mass is 9.77. The van der Waals surface area contributed by atoms with E-state index in [1.54, 1.807) is 0 Å². The summed E-state index contributed by atoms with van der Waals surface area (Å²) < 4.78 is 0. The van der Waals surface area contributed by atoms with Crippen LogP contribution in [0.2, 0.25) is 0 Å². The molecule has 1 heteroatoms. The number of hydrogen-bond acceptors (Lipinski definition) is 0. The average molecular weight is 337 g/mol. The van der Waals surface area contributed by atoms with E-state index in [-0.39, 0.29) is 5.41 Å². The lowest BCUT2D eigenvalue weighted by Crippen LogP contribution is -2.19. The third-order valence-electron chi connectivity index (χ3n) is 5.13. The fourth-order valence-electron chi connectivity index (χ4n) is 3.56. The first-order chi connectivity index (χ1) is 12.7. The highest BCUT2D eigenvalue weighted by Crippen LogP contribution is 2.40. The van der Waals surface area contributed by atoms with Gasteiger partial charge in [0.1, 0.15) is 0 Å². The number of nitrogens with one attached hydrogen (secondary N) is 1. The summed E-state index contributed by atoms with van der Waals surface area (Å²) in [5.74, 6) is 0. The molecule has 4 rings (SSSR count). The van der Waals surface area contributed by atoms with Gasteiger partial charge in [-0.2, -0.15) is 0 Å². The Labute approximate surface area is 155 Å². The third-order valence-corrected chi connectivity index (χ3v) is 5.13. The quantitative estimate of drug-likeness (QED) is 0.428. The van der Waals surface area contributed by atoms with Crippen LogP contribution in [0, 0.1) is 0 Å². The molecule has 3 aromatic carbocycles. The molecule has 0 atom stereocenters. The Bertz CT molecular complexity index is 980. The molecule has 0 saturated carbocycles. The van der Waals surface area contributed by atoms with E-state index in [0.717, 1.165) is 5.69 Å². The van der Waals surface area contributed by atoms with Gasteiger partial charge in [0.25, 0.3) is 0 Å². The highest BCUT2D eigenvalue weighted by molar-refractivity contribution is 5.74. The fraction of sp³-hybridized carbons (Fsp3) is 0.120. The Morgan fingerprint density at radius 1 is 0.615 bits per heavy atom. The lowest BCUT2D eigenvalue weighted by Gasteiger charge is -2.26. The molecule has 0 aliphatic rings. The molecule has 0 saturated heterocycles. The van der Waals surface area contributed by atoms with E-state index in [0.29, 0.717) is 0 Å². The number of benzene rings is 3. The van der Waals surface area contributed by atoms with Gasteiger partial charge >= 0.3 is 0 Å². The van der Waals surface area contributed by atoms with Gasteiger partial charge in [-0.05, 0) is 28.3 Å². The SMILES string of the molecule is CC(C)(c1ccccc1)c1cc(-c2ccccc2)[nH]c1-c1ccccc1. The van der Waals surface area contributed by atoms with Gasteiger partial charge in [0, 0.05) is 16.8 Å². The minimum Gasteiger partial charge on any atom is -0.354 e. The number of hydrogen-bond donors (Lipinski definition) is 1. The molecule has 0 radical (unpaired) electrons. The summed E-state index contributed by atoms with van der Waals surface area (Å²) in [5.41, 5.74) is 7.30. The van der Waals surface area contributed by atoms with Crippen molar-refractivity contribution < 1.29 is 0 Å². The molecule has 0 fully saturated rings. The standard InChI is InChI=1S/C25H23N/c1-25(2,21-16-10-5-11-17-21)22-18-23(19-12-6-3-7-13-19)26-24(22)20-14-8-4-9-15-20/h3-18,26H,1-2H3. The maximum atomic E-state index is 3.69. The fourth-order valence-corrected chi connectivity index (χ4v) is 3.56. The lowest BCUT2D eigenvalue weighted by molar-refractivity contribution is 0.644. The molecule has 1 nitrogen and oxygen atoms in total. The average Bonchev–Trinajstić information content (AvgIpc) is 3.16. The number of H-pyrrole nitrogens is 1. The van der Waals surface area contributed by atoms with Crippen molar-refractivity contribution in [3.63, 3.8) is 0 Å². The predicted octanol–water partition coefficient (Wildman–Crippen LogP) is 6.67. The summed E-state index contributed by atoms with van der Waals surface area (Å²) in [6.45, 7) is 4.60.